The number of carbonyl (C=O) groups is 1. The lowest BCUT2D eigenvalue weighted by molar-refractivity contribution is -0.306. The average Bonchev–Trinajstić information content (AvgIpc) is 2.47. The zero-order valence-electron chi connectivity index (χ0n) is 11.4. The van der Waals surface area contributed by atoms with Gasteiger partial charge in [-0.3, -0.25) is 0 Å². The number of hydrogen-bond acceptors (Lipinski definition) is 4. The smallest absolute Gasteiger partial charge is 0.241 e. The van der Waals surface area contributed by atoms with Gasteiger partial charge in [-0.05, 0) is 29.8 Å². The van der Waals surface area contributed by atoms with Crippen molar-refractivity contribution in [3.63, 3.8) is 0 Å². The van der Waals surface area contributed by atoms with Gasteiger partial charge in [-0.25, -0.2) is 13.1 Å². The maximum atomic E-state index is 12.3. The van der Waals surface area contributed by atoms with Crippen molar-refractivity contribution in [2.45, 2.75) is 17.4 Å². The van der Waals surface area contributed by atoms with Crippen LogP contribution in [0.2, 0.25) is 5.02 Å². The van der Waals surface area contributed by atoms with Crippen LogP contribution in [0.3, 0.4) is 0 Å². The van der Waals surface area contributed by atoms with Crippen LogP contribution in [0.4, 0.5) is 0 Å². The number of aliphatic carboxylic acids is 1. The maximum Gasteiger partial charge on any atom is 0.241 e. The van der Waals surface area contributed by atoms with Crippen LogP contribution < -0.4 is 9.83 Å². The molecule has 116 valence electrons. The molecule has 7 heteroatoms. The first kappa shape index (κ1) is 16.5. The summed E-state index contributed by atoms with van der Waals surface area (Å²) in [4.78, 5) is 11.0. The molecule has 1 atom stereocenters. The molecule has 0 heterocycles. The van der Waals surface area contributed by atoms with Gasteiger partial charge in [-0.1, -0.05) is 41.9 Å². The van der Waals surface area contributed by atoms with Gasteiger partial charge in [-0.2, -0.15) is 0 Å². The molecule has 0 aliphatic rings. The second kappa shape index (κ2) is 6.91. The molecule has 0 saturated carbocycles. The average molecular weight is 339 g/mol. The Bertz CT molecular complexity index is 745. The minimum absolute atomic E-state index is 0.0623. The minimum Gasteiger partial charge on any atom is -0.550 e. The van der Waals surface area contributed by atoms with Gasteiger partial charge in [0.25, 0.3) is 0 Å². The van der Waals surface area contributed by atoms with Gasteiger partial charge < -0.3 is 9.90 Å². The van der Waals surface area contributed by atoms with Crippen LogP contribution in [-0.2, 0) is 14.8 Å². The number of benzene rings is 2. The van der Waals surface area contributed by atoms with Crippen molar-refractivity contribution in [2.24, 2.45) is 0 Å². The summed E-state index contributed by atoms with van der Waals surface area (Å²) in [6.45, 7) is 0. The fourth-order valence-corrected chi connectivity index (χ4v) is 3.32. The van der Waals surface area contributed by atoms with Crippen molar-refractivity contribution in [3.8, 4) is 0 Å². The van der Waals surface area contributed by atoms with Gasteiger partial charge in [0.2, 0.25) is 10.0 Å². The second-order valence-electron chi connectivity index (χ2n) is 4.61. The first-order chi connectivity index (χ1) is 10.4. The number of nitrogens with one attached hydrogen (secondary N) is 1. The van der Waals surface area contributed by atoms with Gasteiger partial charge in [0.1, 0.15) is 0 Å². The summed E-state index contributed by atoms with van der Waals surface area (Å²) in [5, 5.41) is 11.4. The Hall–Kier alpha value is -1.89. The number of hydrogen-bond donors (Lipinski definition) is 1. The normalized spacial score (nSPS) is 12.8. The van der Waals surface area contributed by atoms with E-state index in [0.29, 0.717) is 10.6 Å². The number of rotatable bonds is 6. The number of halogens is 1. The van der Waals surface area contributed by atoms with E-state index in [-0.39, 0.29) is 4.90 Å². The van der Waals surface area contributed by atoms with E-state index in [1.165, 1.54) is 12.1 Å². The monoisotopic (exact) mass is 338 g/mol. The van der Waals surface area contributed by atoms with Crippen LogP contribution in [0.1, 0.15) is 18.0 Å². The topological polar surface area (TPSA) is 86.3 Å². The van der Waals surface area contributed by atoms with E-state index in [9.17, 15) is 18.3 Å². The molecule has 0 amide bonds. The molecule has 5 nitrogen and oxygen atoms in total. The van der Waals surface area contributed by atoms with Gasteiger partial charge in [0, 0.05) is 17.4 Å². The summed E-state index contributed by atoms with van der Waals surface area (Å²) < 4.78 is 27.0. The third kappa shape index (κ3) is 4.30. The number of carboxylic acid groups (broad SMARTS) is 1. The van der Waals surface area contributed by atoms with E-state index in [2.05, 4.69) is 4.72 Å². The van der Waals surface area contributed by atoms with Gasteiger partial charge in [0.05, 0.1) is 10.9 Å². The second-order valence-corrected chi connectivity index (χ2v) is 6.77. The number of sulfonamides is 1. The summed E-state index contributed by atoms with van der Waals surface area (Å²) in [6, 6.07) is 13.1. The summed E-state index contributed by atoms with van der Waals surface area (Å²) >= 11 is 5.78. The lowest BCUT2D eigenvalue weighted by atomic mass is 10.1. The fraction of sp³-hybridized carbons (Fsp3) is 0.133. The Kier molecular flexibility index (Phi) is 5.18. The molecule has 0 aliphatic carbocycles. The minimum atomic E-state index is -3.84. The van der Waals surface area contributed by atoms with Gasteiger partial charge in [-0.15, -0.1) is 0 Å². The van der Waals surface area contributed by atoms with E-state index in [4.69, 9.17) is 11.6 Å². The Labute approximate surface area is 133 Å². The molecule has 2 aromatic carbocycles. The third-order valence-corrected chi connectivity index (χ3v) is 4.73. The molecule has 0 bridgehead atoms. The molecular weight excluding hydrogens is 326 g/mol. The van der Waals surface area contributed by atoms with E-state index >= 15 is 0 Å². The molecule has 0 spiro atoms. The highest BCUT2D eigenvalue weighted by atomic mass is 35.5. The van der Waals surface area contributed by atoms with Crippen molar-refractivity contribution < 1.29 is 18.3 Å². The molecule has 0 aromatic heterocycles. The zero-order valence-corrected chi connectivity index (χ0v) is 13.0. The maximum absolute atomic E-state index is 12.3. The number of carboxylic acids is 1. The van der Waals surface area contributed by atoms with Crippen LogP contribution in [0.5, 0.6) is 0 Å². The van der Waals surface area contributed by atoms with Crippen molar-refractivity contribution >= 4 is 27.6 Å². The van der Waals surface area contributed by atoms with Crippen molar-refractivity contribution in [1.29, 1.82) is 0 Å². The number of carbonyl (C=O) groups excluding carboxylic acids is 1. The SMILES string of the molecule is O=C([O-])C[C@@H](NS(=O)(=O)c1ccccc1)c1ccc(Cl)cc1. The summed E-state index contributed by atoms with van der Waals surface area (Å²) in [7, 11) is -3.84. The predicted molar refractivity (Wildman–Crippen MR) is 80.6 cm³/mol. The molecule has 0 radical (unpaired) electrons. The predicted octanol–water partition coefficient (Wildman–Crippen LogP) is 1.50. The van der Waals surface area contributed by atoms with Crippen LogP contribution in [0, 0.1) is 0 Å². The Morgan fingerprint density at radius 3 is 2.23 bits per heavy atom. The molecule has 22 heavy (non-hydrogen) atoms. The lowest BCUT2D eigenvalue weighted by Gasteiger charge is -2.20. The first-order valence-electron chi connectivity index (χ1n) is 6.41. The van der Waals surface area contributed by atoms with E-state index in [1.807, 2.05) is 0 Å². The summed E-state index contributed by atoms with van der Waals surface area (Å²) in [6.07, 6.45) is -0.478. The zero-order chi connectivity index (χ0) is 16.2. The Morgan fingerprint density at radius 1 is 1.09 bits per heavy atom. The van der Waals surface area contributed by atoms with Crippen LogP contribution in [0.25, 0.3) is 0 Å². The molecule has 2 rings (SSSR count). The van der Waals surface area contributed by atoms with Gasteiger partial charge >= 0.3 is 0 Å². The highest BCUT2D eigenvalue weighted by Gasteiger charge is 2.21. The third-order valence-electron chi connectivity index (χ3n) is 2.99. The van der Waals surface area contributed by atoms with E-state index in [0.717, 1.165) is 0 Å². The Morgan fingerprint density at radius 2 is 1.68 bits per heavy atom. The Balaban J connectivity index is 2.31. The summed E-state index contributed by atoms with van der Waals surface area (Å²) in [5.41, 5.74) is 0.494. The van der Waals surface area contributed by atoms with Crippen LogP contribution >= 0.6 is 11.6 Å². The highest BCUT2D eigenvalue weighted by Crippen LogP contribution is 2.22. The molecule has 0 aliphatic heterocycles. The quantitative estimate of drug-likeness (QED) is 0.864. The van der Waals surface area contributed by atoms with E-state index in [1.54, 1.807) is 42.5 Å². The van der Waals surface area contributed by atoms with Crippen LogP contribution in [-0.4, -0.2) is 14.4 Å². The largest absolute Gasteiger partial charge is 0.550 e. The standard InChI is InChI=1S/C15H14ClNO4S/c16-12-8-6-11(7-9-12)14(10-15(18)19)17-22(20,21)13-4-2-1-3-5-13/h1-9,14,17H,10H2,(H,18,19)/p-1/t14-/m1/s1. The molecule has 0 saturated heterocycles. The van der Waals surface area contributed by atoms with Crippen molar-refractivity contribution in [1.82, 2.24) is 4.72 Å². The van der Waals surface area contributed by atoms with Gasteiger partial charge in [0.15, 0.2) is 0 Å². The lowest BCUT2D eigenvalue weighted by Crippen LogP contribution is -2.34. The highest BCUT2D eigenvalue weighted by molar-refractivity contribution is 7.89. The fourth-order valence-electron chi connectivity index (χ4n) is 1.94. The summed E-state index contributed by atoms with van der Waals surface area (Å²) in [5.74, 6) is -1.35. The molecule has 1 N–H and O–H groups in total. The van der Waals surface area contributed by atoms with Crippen molar-refractivity contribution in [2.75, 3.05) is 0 Å². The molecule has 0 fully saturated rings. The molecule has 0 unspecified atom stereocenters. The first-order valence-corrected chi connectivity index (χ1v) is 8.27. The molecular formula is C15H13ClNO4S-. The van der Waals surface area contributed by atoms with E-state index < -0.39 is 28.5 Å². The van der Waals surface area contributed by atoms with Crippen LogP contribution in [0.15, 0.2) is 59.5 Å². The molecule has 2 aromatic rings. The van der Waals surface area contributed by atoms with Crippen molar-refractivity contribution in [3.05, 3.63) is 65.2 Å².